The van der Waals surface area contributed by atoms with Gasteiger partial charge in [-0.25, -0.2) is 13.8 Å². The molecule has 29 heavy (non-hydrogen) atoms. The molecule has 2 aromatic rings. The number of aliphatic imine (C=N–C) groups is 1. The van der Waals surface area contributed by atoms with Gasteiger partial charge in [0.2, 0.25) is 0 Å². The molecule has 0 unspecified atom stereocenters. The highest BCUT2D eigenvalue weighted by molar-refractivity contribution is 7.88. The Bertz CT molecular complexity index is 1130. The molecule has 0 bridgehead atoms. The third kappa shape index (κ3) is 4.15. The van der Waals surface area contributed by atoms with Crippen molar-refractivity contribution in [2.75, 3.05) is 0 Å². The van der Waals surface area contributed by atoms with Crippen LogP contribution in [0.4, 0.5) is 22.0 Å². The molecule has 0 aliphatic carbocycles. The van der Waals surface area contributed by atoms with Gasteiger partial charge in [0, 0.05) is 23.8 Å². The monoisotopic (exact) mass is 455 g/mol. The fourth-order valence-electron chi connectivity index (χ4n) is 2.58. The third-order valence-corrected chi connectivity index (χ3v) is 4.96. The van der Waals surface area contributed by atoms with Gasteiger partial charge in [0.15, 0.2) is 5.72 Å². The maximum Gasteiger partial charge on any atom is 0.534 e. The van der Waals surface area contributed by atoms with Crippen LogP contribution in [0.2, 0.25) is 5.02 Å². The van der Waals surface area contributed by atoms with E-state index in [1.807, 2.05) is 0 Å². The lowest BCUT2D eigenvalue weighted by molar-refractivity contribution is -0.0500. The Balaban J connectivity index is 2.16. The van der Waals surface area contributed by atoms with E-state index in [1.54, 1.807) is 0 Å². The number of hydrogen-bond acceptors (Lipinski definition) is 5. The normalized spacial score (nSPS) is 15.9. The standard InChI is InChI=1S/C17H11ClF5NO4S/c1-16(2)24-15(10-4-3-8(19)5-12(10)20)14-11(18)6-9(7-13(14)27-16)28-29(25,26)17(21,22)23/h3-7H,1-2H3. The zero-order valence-electron chi connectivity index (χ0n) is 14.6. The van der Waals surface area contributed by atoms with Crippen LogP contribution >= 0.6 is 11.6 Å². The Morgan fingerprint density at radius 1 is 1.14 bits per heavy atom. The van der Waals surface area contributed by atoms with Crippen molar-refractivity contribution in [2.45, 2.75) is 25.1 Å². The van der Waals surface area contributed by atoms with Gasteiger partial charge in [0.1, 0.15) is 23.1 Å². The summed E-state index contributed by atoms with van der Waals surface area (Å²) in [4.78, 5) is 4.23. The Kier molecular flexibility index (Phi) is 5.02. The van der Waals surface area contributed by atoms with Crippen molar-refractivity contribution in [1.29, 1.82) is 0 Å². The molecule has 0 fully saturated rings. The number of halogens is 6. The molecule has 2 aromatic carbocycles. The summed E-state index contributed by atoms with van der Waals surface area (Å²) >= 11 is 6.10. The molecule has 1 heterocycles. The number of fused-ring (bicyclic) bond motifs is 1. The van der Waals surface area contributed by atoms with Crippen molar-refractivity contribution in [3.8, 4) is 11.5 Å². The molecule has 0 saturated heterocycles. The van der Waals surface area contributed by atoms with E-state index in [4.69, 9.17) is 16.3 Å². The van der Waals surface area contributed by atoms with Gasteiger partial charge in [-0.2, -0.15) is 21.6 Å². The van der Waals surface area contributed by atoms with Crippen molar-refractivity contribution in [1.82, 2.24) is 0 Å². The predicted octanol–water partition coefficient (Wildman–Crippen LogP) is 4.81. The lowest BCUT2D eigenvalue weighted by atomic mass is 9.98. The topological polar surface area (TPSA) is 65.0 Å². The van der Waals surface area contributed by atoms with Crippen LogP contribution in [0.1, 0.15) is 25.0 Å². The van der Waals surface area contributed by atoms with Gasteiger partial charge in [0.05, 0.1) is 16.3 Å². The minimum absolute atomic E-state index is 0.0201. The van der Waals surface area contributed by atoms with Gasteiger partial charge < -0.3 is 8.92 Å². The summed E-state index contributed by atoms with van der Waals surface area (Å²) in [6, 6.07) is 4.39. The van der Waals surface area contributed by atoms with Crippen molar-refractivity contribution in [3.05, 3.63) is 58.1 Å². The van der Waals surface area contributed by atoms with E-state index in [0.717, 1.165) is 24.3 Å². The van der Waals surface area contributed by atoms with Crippen LogP contribution in [0, 0.1) is 11.6 Å². The first-order valence-electron chi connectivity index (χ1n) is 7.79. The molecule has 1 aliphatic heterocycles. The molecule has 1 aliphatic rings. The van der Waals surface area contributed by atoms with Gasteiger partial charge in [-0.3, -0.25) is 0 Å². The zero-order valence-corrected chi connectivity index (χ0v) is 16.2. The summed E-state index contributed by atoms with van der Waals surface area (Å²) < 4.78 is 97.4. The largest absolute Gasteiger partial charge is 0.534 e. The van der Waals surface area contributed by atoms with Crippen molar-refractivity contribution < 1.29 is 39.3 Å². The zero-order chi connectivity index (χ0) is 21.8. The van der Waals surface area contributed by atoms with Crippen molar-refractivity contribution in [2.24, 2.45) is 4.99 Å². The van der Waals surface area contributed by atoms with E-state index in [0.29, 0.717) is 6.07 Å². The average molecular weight is 456 g/mol. The first kappa shape index (κ1) is 21.3. The molecule has 3 rings (SSSR count). The molecule has 0 aromatic heterocycles. The molecular formula is C17H11ClF5NO4S. The second-order valence-corrected chi connectivity index (χ2v) is 8.34. The Morgan fingerprint density at radius 3 is 2.38 bits per heavy atom. The first-order chi connectivity index (χ1) is 13.2. The van der Waals surface area contributed by atoms with E-state index in [9.17, 15) is 30.4 Å². The summed E-state index contributed by atoms with van der Waals surface area (Å²) in [7, 11) is -5.95. The minimum Gasteiger partial charge on any atom is -0.466 e. The number of benzene rings is 2. The molecular weight excluding hydrogens is 445 g/mol. The van der Waals surface area contributed by atoms with Gasteiger partial charge in [0.25, 0.3) is 0 Å². The summed E-state index contributed by atoms with van der Waals surface area (Å²) in [5.74, 6) is -2.74. The molecule has 0 radical (unpaired) electrons. The Morgan fingerprint density at radius 2 is 1.79 bits per heavy atom. The smallest absolute Gasteiger partial charge is 0.466 e. The summed E-state index contributed by atoms with van der Waals surface area (Å²) in [5, 5.41) is -0.312. The second-order valence-electron chi connectivity index (χ2n) is 6.39. The fraction of sp³-hybridized carbons (Fsp3) is 0.235. The highest BCUT2D eigenvalue weighted by Crippen LogP contribution is 2.41. The summed E-state index contributed by atoms with van der Waals surface area (Å²) in [6.07, 6.45) is 0. The minimum atomic E-state index is -5.95. The van der Waals surface area contributed by atoms with E-state index in [-0.39, 0.29) is 27.6 Å². The van der Waals surface area contributed by atoms with Gasteiger partial charge in [-0.15, -0.1) is 0 Å². The molecule has 5 nitrogen and oxygen atoms in total. The molecule has 0 spiro atoms. The van der Waals surface area contributed by atoms with Crippen LogP contribution in [0.5, 0.6) is 11.5 Å². The van der Waals surface area contributed by atoms with Crippen LogP contribution in [-0.2, 0) is 10.1 Å². The van der Waals surface area contributed by atoms with Crippen LogP contribution in [0.15, 0.2) is 35.3 Å². The molecule has 12 heteroatoms. The van der Waals surface area contributed by atoms with E-state index in [1.165, 1.54) is 13.8 Å². The lowest BCUT2D eigenvalue weighted by Crippen LogP contribution is -2.33. The van der Waals surface area contributed by atoms with Gasteiger partial charge in [-0.05, 0) is 26.0 Å². The van der Waals surface area contributed by atoms with E-state index >= 15 is 0 Å². The number of hydrogen-bond donors (Lipinski definition) is 0. The lowest BCUT2D eigenvalue weighted by Gasteiger charge is -2.31. The third-order valence-electron chi connectivity index (χ3n) is 3.68. The number of ether oxygens (including phenoxy) is 1. The van der Waals surface area contributed by atoms with Gasteiger partial charge in [-0.1, -0.05) is 11.6 Å². The van der Waals surface area contributed by atoms with E-state index < -0.39 is 38.7 Å². The Labute approximate surface area is 166 Å². The SMILES string of the molecule is CC1(C)N=C(c2ccc(F)cc2F)c2c(Cl)cc(OS(=O)(=O)C(F)(F)F)cc2O1. The van der Waals surface area contributed by atoms with Crippen LogP contribution in [-0.4, -0.2) is 25.4 Å². The van der Waals surface area contributed by atoms with E-state index in [2.05, 4.69) is 9.18 Å². The second kappa shape index (κ2) is 6.84. The summed E-state index contributed by atoms with van der Waals surface area (Å²) in [6.45, 7) is 2.93. The highest BCUT2D eigenvalue weighted by atomic mass is 35.5. The fourth-order valence-corrected chi connectivity index (χ4v) is 3.32. The Hall–Kier alpha value is -2.40. The molecule has 0 saturated carbocycles. The highest BCUT2D eigenvalue weighted by Gasteiger charge is 2.48. The van der Waals surface area contributed by atoms with Crippen LogP contribution in [0.25, 0.3) is 0 Å². The number of rotatable bonds is 3. The maximum absolute atomic E-state index is 14.3. The first-order valence-corrected chi connectivity index (χ1v) is 9.58. The van der Waals surface area contributed by atoms with Crippen LogP contribution < -0.4 is 8.92 Å². The molecule has 0 N–H and O–H groups in total. The maximum atomic E-state index is 14.3. The van der Waals surface area contributed by atoms with Crippen molar-refractivity contribution >= 4 is 27.4 Å². The van der Waals surface area contributed by atoms with Crippen LogP contribution in [0.3, 0.4) is 0 Å². The predicted molar refractivity (Wildman–Crippen MR) is 93.8 cm³/mol. The van der Waals surface area contributed by atoms with Crippen molar-refractivity contribution in [3.63, 3.8) is 0 Å². The molecule has 0 amide bonds. The summed E-state index contributed by atoms with van der Waals surface area (Å²) in [5.41, 5.74) is -7.19. The van der Waals surface area contributed by atoms with Gasteiger partial charge >= 0.3 is 15.6 Å². The number of nitrogens with zero attached hydrogens (tertiary/aromatic N) is 1. The molecule has 0 atom stereocenters. The molecule has 156 valence electrons. The number of alkyl halides is 3. The average Bonchev–Trinajstić information content (AvgIpc) is 2.51. The quantitative estimate of drug-likeness (QED) is 0.378.